The van der Waals surface area contributed by atoms with Crippen LogP contribution in [0.15, 0.2) is 18.3 Å². The first-order valence-electron chi connectivity index (χ1n) is 12.2. The molecule has 0 bridgehead atoms. The molecule has 40 heavy (non-hydrogen) atoms. The smallest absolute Gasteiger partial charge is 0.377 e. The fraction of sp³-hybridized carbons (Fsp3) is 0.480. The number of aromatic nitrogens is 2. The molecule has 0 saturated carbocycles. The number of fused-ring (bicyclic) bond motifs is 1. The number of rotatable bonds is 7. The molecule has 1 N–H and O–H groups in total. The standard InChI is InChI=1S/C25H27F5N4O4S2/c1-12(38-4)19-18(11-31-23-21(19)32-13(2)39-23)33-20-16(26)9-15(10-17(20)27)22(25(28,29)30)34(3)24(35)14-5-7-40(36,37)8-6-14/h9-12,14,22,33H,5-8H2,1-4H3/t12-,22-/m0/s1. The molecule has 1 fully saturated rings. The maximum atomic E-state index is 15.3. The number of halogens is 5. The van der Waals surface area contributed by atoms with E-state index in [0.717, 1.165) is 7.05 Å². The van der Waals surface area contributed by atoms with Gasteiger partial charge in [-0.25, -0.2) is 27.2 Å². The number of aryl methyl sites for hydroxylation is 1. The SMILES string of the molecule is CO[C@@H](C)c1c(Nc2c(F)cc([C@H](N(C)C(=O)C3CCS(=O)(=O)CC3)C(F)(F)F)cc2F)cnc2sc(C)nc12. The average molecular weight is 607 g/mol. The summed E-state index contributed by atoms with van der Waals surface area (Å²) in [6.45, 7) is 3.47. The van der Waals surface area contributed by atoms with Crippen molar-refractivity contribution in [3.8, 4) is 0 Å². The average Bonchev–Trinajstić information content (AvgIpc) is 3.24. The minimum Gasteiger partial charge on any atom is -0.377 e. The van der Waals surface area contributed by atoms with Crippen LogP contribution in [0.2, 0.25) is 0 Å². The molecule has 0 radical (unpaired) electrons. The Balaban J connectivity index is 1.69. The number of hydrogen-bond donors (Lipinski definition) is 1. The van der Waals surface area contributed by atoms with Gasteiger partial charge >= 0.3 is 6.18 Å². The summed E-state index contributed by atoms with van der Waals surface area (Å²) >= 11 is 1.32. The molecule has 2 aromatic heterocycles. The van der Waals surface area contributed by atoms with Crippen molar-refractivity contribution >= 4 is 48.8 Å². The number of carbonyl (C=O) groups is 1. The van der Waals surface area contributed by atoms with E-state index in [0.29, 0.717) is 38.0 Å². The summed E-state index contributed by atoms with van der Waals surface area (Å²) in [6.07, 6.45) is -4.55. The van der Waals surface area contributed by atoms with Gasteiger partial charge in [0.25, 0.3) is 0 Å². The van der Waals surface area contributed by atoms with E-state index in [1.807, 2.05) is 0 Å². The predicted molar refractivity (Wildman–Crippen MR) is 140 cm³/mol. The molecule has 1 aromatic carbocycles. The molecule has 0 spiro atoms. The quantitative estimate of drug-likeness (QED) is 0.349. The second-order valence-electron chi connectivity index (χ2n) is 9.65. The number of nitrogens with one attached hydrogen (secondary N) is 1. The number of alkyl halides is 3. The van der Waals surface area contributed by atoms with Crippen LogP contribution in [-0.2, 0) is 19.4 Å². The van der Waals surface area contributed by atoms with Gasteiger partial charge in [0.2, 0.25) is 5.91 Å². The van der Waals surface area contributed by atoms with Crippen LogP contribution in [0.1, 0.15) is 48.0 Å². The number of pyridine rings is 1. The Morgan fingerprint density at radius 1 is 1.20 bits per heavy atom. The van der Waals surface area contributed by atoms with Crippen LogP contribution in [-0.4, -0.2) is 61.0 Å². The second kappa shape index (κ2) is 11.2. The lowest BCUT2D eigenvalue weighted by Crippen LogP contribution is -2.44. The van der Waals surface area contributed by atoms with Crippen molar-refractivity contribution in [1.82, 2.24) is 14.9 Å². The third-order valence-electron chi connectivity index (χ3n) is 6.92. The van der Waals surface area contributed by atoms with Gasteiger partial charge in [-0.3, -0.25) is 4.79 Å². The zero-order chi connectivity index (χ0) is 29.6. The Labute approximate surface area is 231 Å². The third-order valence-corrected chi connectivity index (χ3v) is 9.52. The van der Waals surface area contributed by atoms with Crippen LogP contribution >= 0.6 is 11.3 Å². The Hall–Kier alpha value is -2.91. The molecule has 1 aliphatic rings. The van der Waals surface area contributed by atoms with Gasteiger partial charge in [-0.2, -0.15) is 13.2 Å². The fourth-order valence-corrected chi connectivity index (χ4v) is 7.08. The second-order valence-corrected chi connectivity index (χ2v) is 13.1. The summed E-state index contributed by atoms with van der Waals surface area (Å²) in [4.78, 5) is 22.6. The van der Waals surface area contributed by atoms with Crippen molar-refractivity contribution in [2.75, 3.05) is 31.0 Å². The predicted octanol–water partition coefficient (Wildman–Crippen LogP) is 5.62. The highest BCUT2D eigenvalue weighted by Crippen LogP contribution is 2.41. The number of anilines is 2. The highest BCUT2D eigenvalue weighted by atomic mass is 32.2. The molecule has 1 saturated heterocycles. The number of thiazole rings is 1. The Bertz CT molecular complexity index is 1510. The molecule has 1 amide bonds. The molecule has 2 atom stereocenters. The Morgan fingerprint density at radius 3 is 2.35 bits per heavy atom. The number of sulfone groups is 1. The van der Waals surface area contributed by atoms with E-state index in [4.69, 9.17) is 4.74 Å². The summed E-state index contributed by atoms with van der Waals surface area (Å²) in [7, 11) is -1.02. The lowest BCUT2D eigenvalue weighted by molar-refractivity contribution is -0.190. The molecular weight excluding hydrogens is 579 g/mol. The Kier molecular flexibility index (Phi) is 8.39. The van der Waals surface area contributed by atoms with Crippen molar-refractivity contribution in [3.05, 3.63) is 46.1 Å². The molecular formula is C25H27F5N4O4S2. The molecule has 15 heteroatoms. The lowest BCUT2D eigenvalue weighted by atomic mass is 9.98. The van der Waals surface area contributed by atoms with E-state index in [2.05, 4.69) is 15.3 Å². The minimum absolute atomic E-state index is 0.124. The Morgan fingerprint density at radius 2 is 1.80 bits per heavy atom. The van der Waals surface area contributed by atoms with Gasteiger partial charge in [-0.15, -0.1) is 0 Å². The highest BCUT2D eigenvalue weighted by molar-refractivity contribution is 7.91. The number of benzene rings is 1. The van der Waals surface area contributed by atoms with E-state index in [1.54, 1.807) is 13.8 Å². The van der Waals surface area contributed by atoms with Crippen molar-refractivity contribution in [2.45, 2.75) is 45.0 Å². The summed E-state index contributed by atoms with van der Waals surface area (Å²) < 4.78 is 102. The van der Waals surface area contributed by atoms with E-state index in [1.165, 1.54) is 24.6 Å². The topological polar surface area (TPSA) is 101 Å². The van der Waals surface area contributed by atoms with Gasteiger partial charge in [0, 0.05) is 25.6 Å². The van der Waals surface area contributed by atoms with Crippen molar-refractivity contribution in [2.24, 2.45) is 5.92 Å². The highest BCUT2D eigenvalue weighted by Gasteiger charge is 2.47. The first-order valence-corrected chi connectivity index (χ1v) is 14.8. The summed E-state index contributed by atoms with van der Waals surface area (Å²) in [5.74, 6) is -5.17. The number of nitrogens with zero attached hydrogens (tertiary/aromatic N) is 3. The van der Waals surface area contributed by atoms with Gasteiger partial charge in [0.05, 0.1) is 34.5 Å². The van der Waals surface area contributed by atoms with Crippen molar-refractivity contribution in [1.29, 1.82) is 0 Å². The molecule has 0 unspecified atom stereocenters. The number of amides is 1. The van der Waals surface area contributed by atoms with Crippen LogP contribution < -0.4 is 5.32 Å². The summed E-state index contributed by atoms with van der Waals surface area (Å²) in [6, 6.07) is -1.61. The number of hydrogen-bond acceptors (Lipinski definition) is 8. The first-order chi connectivity index (χ1) is 18.6. The van der Waals surface area contributed by atoms with Crippen molar-refractivity contribution < 1.29 is 39.9 Å². The molecule has 4 rings (SSSR count). The zero-order valence-electron chi connectivity index (χ0n) is 22.0. The number of carbonyl (C=O) groups excluding carboxylic acids is 1. The van der Waals surface area contributed by atoms with E-state index in [-0.39, 0.29) is 30.0 Å². The lowest BCUT2D eigenvalue weighted by Gasteiger charge is -2.34. The van der Waals surface area contributed by atoms with E-state index >= 15 is 8.78 Å². The van der Waals surface area contributed by atoms with Gasteiger partial charge in [0.1, 0.15) is 37.5 Å². The molecule has 0 aliphatic carbocycles. The van der Waals surface area contributed by atoms with Gasteiger partial charge in [0.15, 0.2) is 6.04 Å². The zero-order valence-corrected chi connectivity index (χ0v) is 23.6. The first kappa shape index (κ1) is 30.1. The molecule has 3 aromatic rings. The normalized spacial score (nSPS) is 17.5. The minimum atomic E-state index is -5.07. The fourth-order valence-electron chi connectivity index (χ4n) is 4.82. The third kappa shape index (κ3) is 6.05. The summed E-state index contributed by atoms with van der Waals surface area (Å²) in [5, 5.41) is 3.30. The number of ether oxygens (including phenoxy) is 1. The van der Waals surface area contributed by atoms with Crippen LogP contribution in [0, 0.1) is 24.5 Å². The maximum Gasteiger partial charge on any atom is 0.413 e. The largest absolute Gasteiger partial charge is 0.413 e. The monoisotopic (exact) mass is 606 g/mol. The molecule has 8 nitrogen and oxygen atoms in total. The van der Waals surface area contributed by atoms with Crippen LogP contribution in [0.5, 0.6) is 0 Å². The van der Waals surface area contributed by atoms with Gasteiger partial charge in [-0.1, -0.05) is 11.3 Å². The van der Waals surface area contributed by atoms with Gasteiger partial charge in [-0.05, 0) is 44.4 Å². The van der Waals surface area contributed by atoms with E-state index < -0.39 is 62.9 Å². The van der Waals surface area contributed by atoms with Gasteiger partial charge < -0.3 is 15.0 Å². The van der Waals surface area contributed by atoms with E-state index in [9.17, 15) is 26.4 Å². The maximum absolute atomic E-state index is 15.3. The van der Waals surface area contributed by atoms with Crippen LogP contribution in [0.3, 0.4) is 0 Å². The van der Waals surface area contributed by atoms with Crippen molar-refractivity contribution in [3.63, 3.8) is 0 Å². The number of methoxy groups -OCH3 is 1. The summed E-state index contributed by atoms with van der Waals surface area (Å²) in [5.41, 5.74) is -0.445. The molecule has 1 aliphatic heterocycles. The molecule has 3 heterocycles. The van der Waals surface area contributed by atoms with Crippen LogP contribution in [0.4, 0.5) is 33.3 Å². The van der Waals surface area contributed by atoms with Crippen LogP contribution in [0.25, 0.3) is 10.3 Å². The molecule has 218 valence electrons.